The Morgan fingerprint density at radius 3 is 1.49 bits per heavy atom. The second-order valence-corrected chi connectivity index (χ2v) is 10.1. The number of alkyl halides is 3. The molecule has 35 heavy (non-hydrogen) atoms. The number of halogens is 3. The Balaban J connectivity index is 0.000000497. The van der Waals surface area contributed by atoms with Gasteiger partial charge in [0.2, 0.25) is 5.52 Å². The molecule has 0 saturated carbocycles. The van der Waals surface area contributed by atoms with Crippen LogP contribution in [0.25, 0.3) is 0 Å². The van der Waals surface area contributed by atoms with E-state index in [4.69, 9.17) is 0 Å². The number of carbonyl (C=O) groups is 2. The van der Waals surface area contributed by atoms with Gasteiger partial charge in [-0.1, -0.05) is 121 Å². The lowest BCUT2D eigenvalue weighted by atomic mass is 10.0. The molecule has 1 unspecified atom stereocenters. The molecule has 0 aliphatic carbocycles. The number of Topliss-reactive ketones (excluding diaryl/α,β-unsaturated/α-hetero) is 1. The number of carbonyl (C=O) groups excluding carboxylic acids is 2. The van der Waals surface area contributed by atoms with Gasteiger partial charge < -0.3 is 4.57 Å². The van der Waals surface area contributed by atoms with Gasteiger partial charge in [-0.15, -0.1) is 0 Å². The zero-order valence-electron chi connectivity index (χ0n) is 18.6. The molecule has 0 aliphatic rings. The van der Waals surface area contributed by atoms with E-state index in [0.29, 0.717) is 5.56 Å². The number of hydrogen-bond acceptors (Lipinski definition) is 3. The topological polar surface area (TPSA) is 51.2 Å². The van der Waals surface area contributed by atoms with Crippen LogP contribution in [0.2, 0.25) is 0 Å². The molecule has 3 nitrogen and oxygen atoms in total. The quantitative estimate of drug-likeness (QED) is 0.211. The average Bonchev–Trinajstić information content (AvgIpc) is 2.90. The minimum absolute atomic E-state index is 0.0775. The maximum atomic E-state index is 14.0. The SMILES string of the molecule is O=C(Cc1ccccc1P(=O)(C(=O)c1ccccc1)C(F)(F)F)c1ccccc1.c1ccccc1. The Morgan fingerprint density at radius 1 is 0.600 bits per heavy atom. The summed E-state index contributed by atoms with van der Waals surface area (Å²) in [5.41, 5.74) is -1.55. The molecule has 0 heterocycles. The van der Waals surface area contributed by atoms with E-state index in [1.807, 2.05) is 36.4 Å². The third kappa shape index (κ3) is 6.23. The zero-order valence-corrected chi connectivity index (χ0v) is 19.5. The van der Waals surface area contributed by atoms with Gasteiger partial charge in [-0.3, -0.25) is 9.59 Å². The van der Waals surface area contributed by atoms with Crippen molar-refractivity contribution in [2.24, 2.45) is 0 Å². The Hall–Kier alpha value is -3.76. The van der Waals surface area contributed by atoms with E-state index in [1.54, 1.807) is 36.4 Å². The third-order valence-corrected chi connectivity index (χ3v) is 7.77. The first-order chi connectivity index (χ1) is 16.7. The standard InChI is InChI=1S/C22H16F3O3P.C6H6/c23-22(24,25)29(28,21(27)17-11-5-2-6-12-17)20-14-8-7-13-18(20)15-19(26)16-9-3-1-4-10-16;1-2-4-6-5-3-1/h1-14H,15H2;1-6H. The molecule has 4 aromatic rings. The molecule has 0 spiro atoms. The number of benzene rings is 4. The first-order valence-corrected chi connectivity index (χ1v) is 12.4. The zero-order chi connectivity index (χ0) is 25.3. The van der Waals surface area contributed by atoms with Crippen molar-refractivity contribution in [1.29, 1.82) is 0 Å². The fourth-order valence-corrected chi connectivity index (χ4v) is 5.46. The van der Waals surface area contributed by atoms with Crippen LogP contribution >= 0.6 is 7.14 Å². The summed E-state index contributed by atoms with van der Waals surface area (Å²) in [7, 11) is -5.54. The fourth-order valence-electron chi connectivity index (χ4n) is 3.38. The molecular formula is C28H22F3O3P. The highest BCUT2D eigenvalue weighted by Crippen LogP contribution is 2.62. The second-order valence-electron chi connectivity index (χ2n) is 7.50. The van der Waals surface area contributed by atoms with Gasteiger partial charge in [0.25, 0.3) is 7.14 Å². The Morgan fingerprint density at radius 2 is 1.00 bits per heavy atom. The van der Waals surface area contributed by atoms with Crippen LogP contribution in [0.1, 0.15) is 26.3 Å². The van der Waals surface area contributed by atoms with E-state index >= 15 is 0 Å². The lowest BCUT2D eigenvalue weighted by Gasteiger charge is -2.22. The molecule has 0 radical (unpaired) electrons. The van der Waals surface area contributed by atoms with Crippen LogP contribution in [-0.2, 0) is 11.0 Å². The van der Waals surface area contributed by atoms with Crippen molar-refractivity contribution < 1.29 is 27.3 Å². The summed E-state index contributed by atoms with van der Waals surface area (Å²) in [4.78, 5) is 25.3. The van der Waals surface area contributed by atoms with Crippen LogP contribution in [0.4, 0.5) is 13.2 Å². The van der Waals surface area contributed by atoms with Gasteiger partial charge in [0.1, 0.15) is 0 Å². The van der Waals surface area contributed by atoms with Crippen LogP contribution in [0.15, 0.2) is 121 Å². The highest BCUT2D eigenvalue weighted by Gasteiger charge is 2.58. The van der Waals surface area contributed by atoms with Gasteiger partial charge >= 0.3 is 5.92 Å². The molecule has 0 aliphatic heterocycles. The molecule has 0 fully saturated rings. The lowest BCUT2D eigenvalue weighted by Crippen LogP contribution is -2.28. The maximum absolute atomic E-state index is 14.0. The lowest BCUT2D eigenvalue weighted by molar-refractivity contribution is -0.0443. The fraction of sp³-hybridized carbons (Fsp3) is 0.0714. The van der Waals surface area contributed by atoms with Crippen molar-refractivity contribution in [2.75, 3.05) is 0 Å². The minimum atomic E-state index is -5.54. The molecule has 7 heteroatoms. The van der Waals surface area contributed by atoms with E-state index in [1.165, 1.54) is 42.5 Å². The van der Waals surface area contributed by atoms with Crippen molar-refractivity contribution in [3.8, 4) is 0 Å². The Labute approximate surface area is 201 Å². The van der Waals surface area contributed by atoms with Crippen molar-refractivity contribution >= 4 is 23.8 Å². The molecule has 0 bridgehead atoms. The van der Waals surface area contributed by atoms with E-state index < -0.39 is 36.1 Å². The molecule has 1 atom stereocenters. The van der Waals surface area contributed by atoms with Crippen LogP contribution < -0.4 is 5.30 Å². The average molecular weight is 494 g/mol. The van der Waals surface area contributed by atoms with Crippen LogP contribution in [0.3, 0.4) is 0 Å². The molecule has 4 rings (SSSR count). The highest BCUT2D eigenvalue weighted by molar-refractivity contribution is 7.88. The van der Waals surface area contributed by atoms with Gasteiger partial charge in [-0.2, -0.15) is 13.2 Å². The van der Waals surface area contributed by atoms with E-state index in [2.05, 4.69) is 0 Å². The summed E-state index contributed by atoms with van der Waals surface area (Å²) >= 11 is 0. The van der Waals surface area contributed by atoms with Gasteiger partial charge in [-0.25, -0.2) is 0 Å². The van der Waals surface area contributed by atoms with E-state index in [0.717, 1.165) is 6.07 Å². The predicted molar refractivity (Wildman–Crippen MR) is 131 cm³/mol. The minimum Gasteiger partial charge on any atom is -0.300 e. The monoisotopic (exact) mass is 494 g/mol. The number of rotatable bonds is 6. The Kier molecular flexibility index (Phi) is 8.56. The predicted octanol–water partition coefficient (Wildman–Crippen LogP) is 7.15. The molecule has 0 saturated heterocycles. The first kappa shape index (κ1) is 25.9. The molecule has 178 valence electrons. The van der Waals surface area contributed by atoms with Gasteiger partial charge in [0.05, 0.1) is 0 Å². The molecule has 0 amide bonds. The molecule has 0 N–H and O–H groups in total. The highest BCUT2D eigenvalue weighted by atomic mass is 31.2. The van der Waals surface area contributed by atoms with Crippen molar-refractivity contribution in [1.82, 2.24) is 0 Å². The summed E-state index contributed by atoms with van der Waals surface area (Å²) in [5, 5.41) is -0.648. The molecular weight excluding hydrogens is 472 g/mol. The summed E-state index contributed by atoms with van der Waals surface area (Å²) in [6.45, 7) is 0. The first-order valence-electron chi connectivity index (χ1n) is 10.7. The number of ketones is 1. The van der Waals surface area contributed by atoms with Crippen molar-refractivity contribution in [3.05, 3.63) is 138 Å². The van der Waals surface area contributed by atoms with Crippen molar-refractivity contribution in [3.63, 3.8) is 0 Å². The van der Waals surface area contributed by atoms with Crippen LogP contribution in [0, 0.1) is 0 Å². The van der Waals surface area contributed by atoms with Crippen molar-refractivity contribution in [2.45, 2.75) is 12.3 Å². The van der Waals surface area contributed by atoms with E-state index in [9.17, 15) is 27.3 Å². The summed E-state index contributed by atoms with van der Waals surface area (Å²) in [6.07, 6.45) is -0.400. The second kappa shape index (κ2) is 11.6. The van der Waals surface area contributed by atoms with Gasteiger partial charge in [-0.05, 0) is 5.56 Å². The molecule has 0 aromatic heterocycles. The Bertz CT molecular complexity index is 1280. The summed E-state index contributed by atoms with van der Waals surface area (Å²) in [5.74, 6) is -5.72. The number of hydrogen-bond donors (Lipinski definition) is 0. The van der Waals surface area contributed by atoms with E-state index in [-0.39, 0.29) is 11.1 Å². The largest absolute Gasteiger partial charge is 0.451 e. The summed E-state index contributed by atoms with van der Waals surface area (Å²) in [6, 6.07) is 31.9. The third-order valence-electron chi connectivity index (χ3n) is 5.11. The van der Waals surface area contributed by atoms with Gasteiger partial charge in [0, 0.05) is 22.9 Å². The smallest absolute Gasteiger partial charge is 0.300 e. The van der Waals surface area contributed by atoms with Crippen LogP contribution in [-0.4, -0.2) is 17.2 Å². The normalized spacial score (nSPS) is 12.5. The maximum Gasteiger partial charge on any atom is 0.451 e. The van der Waals surface area contributed by atoms with Gasteiger partial charge in [0.15, 0.2) is 5.78 Å². The van der Waals surface area contributed by atoms with Crippen LogP contribution in [0.5, 0.6) is 0 Å². The molecule has 4 aromatic carbocycles. The summed E-state index contributed by atoms with van der Waals surface area (Å²) < 4.78 is 55.3.